The van der Waals surface area contributed by atoms with E-state index < -0.39 is 12.2 Å². The maximum absolute atomic E-state index is 11.8. The first kappa shape index (κ1) is 12.9. The van der Waals surface area contributed by atoms with Crippen LogP contribution in [0.2, 0.25) is 0 Å². The van der Waals surface area contributed by atoms with Gasteiger partial charge in [-0.2, -0.15) is 0 Å². The highest BCUT2D eigenvalue weighted by atomic mass is 16.8. The molecule has 2 N–H and O–H groups in total. The Morgan fingerprint density at radius 2 is 2.33 bits per heavy atom. The van der Waals surface area contributed by atoms with E-state index in [2.05, 4.69) is 5.48 Å². The van der Waals surface area contributed by atoms with E-state index in [9.17, 15) is 9.90 Å². The lowest BCUT2D eigenvalue weighted by molar-refractivity contribution is -0.186. The number of aromatic hydroxyl groups is 1. The fourth-order valence-corrected chi connectivity index (χ4v) is 1.81. The van der Waals surface area contributed by atoms with Crippen LogP contribution in [0.4, 0.5) is 0 Å². The van der Waals surface area contributed by atoms with Crippen molar-refractivity contribution >= 4 is 5.91 Å². The molecule has 0 unspecified atom stereocenters. The molecule has 0 saturated carbocycles. The van der Waals surface area contributed by atoms with Gasteiger partial charge in [0.2, 0.25) is 0 Å². The summed E-state index contributed by atoms with van der Waals surface area (Å²) in [5, 5.41) is 9.65. The summed E-state index contributed by atoms with van der Waals surface area (Å²) in [6.45, 7) is 2.49. The van der Waals surface area contributed by atoms with Crippen LogP contribution in [0.3, 0.4) is 0 Å². The summed E-state index contributed by atoms with van der Waals surface area (Å²) in [5.41, 5.74) is 3.39. The van der Waals surface area contributed by atoms with Gasteiger partial charge in [0, 0.05) is 13.0 Å². The minimum atomic E-state index is -0.471. The number of phenolic OH excluding ortho intramolecular Hbond substituents is 1. The lowest BCUT2D eigenvalue weighted by atomic mass is 10.1. The molecule has 0 radical (unpaired) electrons. The molecule has 1 aromatic rings. The van der Waals surface area contributed by atoms with Gasteiger partial charge in [0.1, 0.15) is 5.75 Å². The second kappa shape index (κ2) is 5.84. The van der Waals surface area contributed by atoms with Gasteiger partial charge < -0.3 is 9.84 Å². The first-order valence-electron chi connectivity index (χ1n) is 6.04. The van der Waals surface area contributed by atoms with Crippen LogP contribution >= 0.6 is 0 Å². The molecule has 5 heteroatoms. The van der Waals surface area contributed by atoms with Crippen LogP contribution < -0.4 is 5.48 Å². The molecule has 2 rings (SSSR count). The molecule has 0 bridgehead atoms. The van der Waals surface area contributed by atoms with Crippen molar-refractivity contribution in [1.82, 2.24) is 5.48 Å². The van der Waals surface area contributed by atoms with Gasteiger partial charge in [-0.25, -0.2) is 10.3 Å². The molecule has 1 atom stereocenters. The van der Waals surface area contributed by atoms with Gasteiger partial charge in [0.25, 0.3) is 5.91 Å². The second-order valence-electron chi connectivity index (χ2n) is 4.37. The number of carbonyl (C=O) groups excluding carboxylic acids is 1. The van der Waals surface area contributed by atoms with Crippen LogP contribution in [0.1, 0.15) is 35.2 Å². The highest BCUT2D eigenvalue weighted by Gasteiger charge is 2.17. The summed E-state index contributed by atoms with van der Waals surface area (Å²) in [6.07, 6.45) is 2.42. The zero-order valence-corrected chi connectivity index (χ0v) is 10.3. The molecule has 0 aromatic heterocycles. The van der Waals surface area contributed by atoms with Crippen LogP contribution in [0, 0.1) is 6.92 Å². The smallest absolute Gasteiger partial charge is 0.278 e. The number of amides is 1. The van der Waals surface area contributed by atoms with Gasteiger partial charge >= 0.3 is 0 Å². The maximum atomic E-state index is 11.8. The Morgan fingerprint density at radius 3 is 3.00 bits per heavy atom. The van der Waals surface area contributed by atoms with Crippen molar-refractivity contribution in [2.75, 3.05) is 6.61 Å². The van der Waals surface area contributed by atoms with Gasteiger partial charge in [-0.15, -0.1) is 0 Å². The summed E-state index contributed by atoms with van der Waals surface area (Å²) < 4.78 is 5.31. The van der Waals surface area contributed by atoms with Gasteiger partial charge in [-0.3, -0.25) is 4.79 Å². The number of nitrogens with one attached hydrogen (secondary N) is 1. The Hall–Kier alpha value is -1.59. The Labute approximate surface area is 106 Å². The lowest BCUT2D eigenvalue weighted by Crippen LogP contribution is -2.33. The highest BCUT2D eigenvalue weighted by molar-refractivity contribution is 5.96. The average molecular weight is 251 g/mol. The normalized spacial score (nSPS) is 19.5. The van der Waals surface area contributed by atoms with Crippen molar-refractivity contribution in [3.63, 3.8) is 0 Å². The molecule has 1 aromatic carbocycles. The summed E-state index contributed by atoms with van der Waals surface area (Å²) >= 11 is 0. The number of carbonyl (C=O) groups is 1. The average Bonchev–Trinajstić information content (AvgIpc) is 2.37. The number of hydroxylamine groups is 1. The number of rotatable bonds is 3. The third-order valence-electron chi connectivity index (χ3n) is 2.82. The van der Waals surface area contributed by atoms with Crippen LogP contribution in [-0.2, 0) is 9.57 Å². The van der Waals surface area contributed by atoms with E-state index in [1.807, 2.05) is 6.92 Å². The standard InChI is InChI=1S/C13H17NO4/c1-9-5-6-10(11(15)8-9)13(16)14-18-12-4-2-3-7-17-12/h5-6,8,12,15H,2-4,7H2,1H3,(H,14,16)/t12-/m1/s1. The van der Waals surface area contributed by atoms with Crippen molar-refractivity contribution in [3.8, 4) is 5.75 Å². The molecule has 1 fully saturated rings. The Balaban J connectivity index is 1.90. The van der Waals surface area contributed by atoms with Gasteiger partial charge in [0.05, 0.1) is 5.56 Å². The van der Waals surface area contributed by atoms with Gasteiger partial charge in [-0.1, -0.05) is 6.07 Å². The predicted molar refractivity (Wildman–Crippen MR) is 65.0 cm³/mol. The Morgan fingerprint density at radius 1 is 1.50 bits per heavy atom. The zero-order valence-electron chi connectivity index (χ0n) is 10.3. The molecule has 18 heavy (non-hydrogen) atoms. The summed E-state index contributed by atoms with van der Waals surface area (Å²) in [6, 6.07) is 4.85. The molecular formula is C13H17NO4. The van der Waals surface area contributed by atoms with Gasteiger partial charge in [0.15, 0.2) is 6.29 Å². The summed E-state index contributed by atoms with van der Waals surface area (Å²) in [5.74, 6) is -0.526. The van der Waals surface area contributed by atoms with Crippen LogP contribution in [0.5, 0.6) is 5.75 Å². The number of ether oxygens (including phenoxy) is 1. The molecule has 5 nitrogen and oxygen atoms in total. The van der Waals surface area contributed by atoms with E-state index in [0.717, 1.165) is 24.8 Å². The molecule has 1 heterocycles. The summed E-state index contributed by atoms with van der Waals surface area (Å²) in [4.78, 5) is 16.9. The molecule has 0 spiro atoms. The van der Waals surface area contributed by atoms with Crippen molar-refractivity contribution in [2.45, 2.75) is 32.5 Å². The monoisotopic (exact) mass is 251 g/mol. The van der Waals surface area contributed by atoms with E-state index in [-0.39, 0.29) is 11.3 Å². The van der Waals surface area contributed by atoms with Crippen molar-refractivity contribution in [1.29, 1.82) is 0 Å². The maximum Gasteiger partial charge on any atom is 0.278 e. The molecule has 0 aliphatic carbocycles. The number of benzene rings is 1. The van der Waals surface area contributed by atoms with Gasteiger partial charge in [-0.05, 0) is 37.5 Å². The molecule has 1 aliphatic rings. The zero-order chi connectivity index (χ0) is 13.0. The Kier molecular flexibility index (Phi) is 4.17. The minimum absolute atomic E-state index is 0.0549. The fraction of sp³-hybridized carbons (Fsp3) is 0.462. The van der Waals surface area contributed by atoms with E-state index in [1.165, 1.54) is 6.07 Å². The van der Waals surface area contributed by atoms with Crippen molar-refractivity contribution < 1.29 is 19.5 Å². The largest absolute Gasteiger partial charge is 0.507 e. The quantitative estimate of drug-likeness (QED) is 0.805. The third-order valence-corrected chi connectivity index (χ3v) is 2.82. The first-order chi connectivity index (χ1) is 8.66. The number of hydrogen-bond donors (Lipinski definition) is 2. The number of phenols is 1. The molecular weight excluding hydrogens is 234 g/mol. The molecule has 1 saturated heterocycles. The van der Waals surface area contributed by atoms with E-state index >= 15 is 0 Å². The van der Waals surface area contributed by atoms with Crippen LogP contribution in [-0.4, -0.2) is 23.9 Å². The van der Waals surface area contributed by atoms with Crippen LogP contribution in [0.15, 0.2) is 18.2 Å². The van der Waals surface area contributed by atoms with E-state index in [1.54, 1.807) is 12.1 Å². The van der Waals surface area contributed by atoms with Crippen molar-refractivity contribution in [2.24, 2.45) is 0 Å². The predicted octanol–water partition coefficient (Wildman–Crippen LogP) is 1.89. The lowest BCUT2D eigenvalue weighted by Gasteiger charge is -2.22. The SMILES string of the molecule is Cc1ccc(C(=O)NO[C@@H]2CCCCO2)c(O)c1. The third kappa shape index (κ3) is 3.21. The van der Waals surface area contributed by atoms with E-state index in [4.69, 9.17) is 9.57 Å². The van der Waals surface area contributed by atoms with Crippen LogP contribution in [0.25, 0.3) is 0 Å². The van der Waals surface area contributed by atoms with Crippen molar-refractivity contribution in [3.05, 3.63) is 29.3 Å². The number of hydrogen-bond acceptors (Lipinski definition) is 4. The number of aryl methyl sites for hydroxylation is 1. The highest BCUT2D eigenvalue weighted by Crippen LogP contribution is 2.18. The second-order valence-corrected chi connectivity index (χ2v) is 4.37. The Bertz CT molecular complexity index is 427. The van der Waals surface area contributed by atoms with E-state index in [0.29, 0.717) is 6.61 Å². The minimum Gasteiger partial charge on any atom is -0.507 e. The summed E-state index contributed by atoms with van der Waals surface area (Å²) in [7, 11) is 0. The molecule has 98 valence electrons. The molecule has 1 amide bonds. The molecule has 1 aliphatic heterocycles. The first-order valence-corrected chi connectivity index (χ1v) is 6.04. The topological polar surface area (TPSA) is 67.8 Å². The fourth-order valence-electron chi connectivity index (χ4n) is 1.81.